The van der Waals surface area contributed by atoms with Crippen molar-refractivity contribution < 1.29 is 68.2 Å². The highest BCUT2D eigenvalue weighted by Gasteiger charge is 2.51. The van der Waals surface area contributed by atoms with Crippen LogP contribution in [0.1, 0.15) is 136 Å². The summed E-state index contributed by atoms with van der Waals surface area (Å²) in [6, 6.07) is 0. The van der Waals surface area contributed by atoms with E-state index in [0.717, 1.165) is 89.9 Å². The molecule has 1 saturated carbocycles. The van der Waals surface area contributed by atoms with Gasteiger partial charge in [0, 0.05) is 12.8 Å². The molecule has 60 heavy (non-hydrogen) atoms. The quantitative estimate of drug-likeness (QED) is 0.0151. The van der Waals surface area contributed by atoms with Crippen molar-refractivity contribution in [3.63, 3.8) is 0 Å². The minimum absolute atomic E-state index is 0.0579. The Balaban J connectivity index is 2.54. The van der Waals surface area contributed by atoms with Crippen LogP contribution in [0.5, 0.6) is 0 Å². The first-order chi connectivity index (χ1) is 28.8. The van der Waals surface area contributed by atoms with Gasteiger partial charge in [0.1, 0.15) is 43.2 Å². The maximum absolute atomic E-state index is 12.8. The van der Waals surface area contributed by atoms with Gasteiger partial charge in [-0.3, -0.25) is 18.6 Å². The van der Waals surface area contributed by atoms with Gasteiger partial charge >= 0.3 is 19.8 Å². The van der Waals surface area contributed by atoms with Gasteiger partial charge in [-0.1, -0.05) is 112 Å². The number of carbonyl (C=O) groups excluding carboxylic acids is 2. The maximum Gasteiger partial charge on any atom is 0.472 e. The van der Waals surface area contributed by atoms with E-state index in [4.69, 9.17) is 18.5 Å². The molecule has 1 rings (SSSR count). The van der Waals surface area contributed by atoms with Gasteiger partial charge < -0.3 is 45.0 Å². The van der Waals surface area contributed by atoms with E-state index in [1.807, 2.05) is 19.1 Å². The van der Waals surface area contributed by atoms with Gasteiger partial charge in [0.15, 0.2) is 6.10 Å². The molecule has 0 saturated heterocycles. The summed E-state index contributed by atoms with van der Waals surface area (Å²) in [4.78, 5) is 35.6. The lowest BCUT2D eigenvalue weighted by atomic mass is 9.85. The number of ether oxygens (including phenoxy) is 2. The van der Waals surface area contributed by atoms with Crippen molar-refractivity contribution in [2.75, 3.05) is 13.2 Å². The molecule has 14 nitrogen and oxygen atoms in total. The number of aliphatic hydroxyl groups is 6. The van der Waals surface area contributed by atoms with Crippen molar-refractivity contribution in [1.29, 1.82) is 0 Å². The van der Waals surface area contributed by atoms with Crippen LogP contribution >= 0.6 is 7.82 Å². The Morgan fingerprint density at radius 2 is 1.05 bits per heavy atom. The first kappa shape index (κ1) is 55.3. The average Bonchev–Trinajstić information content (AvgIpc) is 3.23. The van der Waals surface area contributed by atoms with Gasteiger partial charge in [-0.25, -0.2) is 4.57 Å². The second-order valence-electron chi connectivity index (χ2n) is 15.0. The van der Waals surface area contributed by atoms with Crippen molar-refractivity contribution in [2.45, 2.75) is 185 Å². The third kappa shape index (κ3) is 27.2. The highest BCUT2D eigenvalue weighted by Crippen LogP contribution is 2.47. The van der Waals surface area contributed by atoms with Gasteiger partial charge in [0.2, 0.25) is 0 Å². The largest absolute Gasteiger partial charge is 0.472 e. The summed E-state index contributed by atoms with van der Waals surface area (Å²) in [5, 5.41) is 59.6. The predicted octanol–water partition coefficient (Wildman–Crippen LogP) is 6.91. The standard InChI is InChI=1S/C45H75O14P/c1-3-5-6-7-8-9-10-13-18-21-24-27-30-33-39(48)58-37(35-57-60(54,55)59-45-43(52)41(50)40(49)42(51)44(45)53)34-56-38(47)32-29-26-23-20-17-15-12-11-14-16-19-22-25-28-31-36(46)4-2/h6-7,9-10,12,14-16,20,22-23,25,36-37,40-46,49-53H,3-5,8,11,13,17-19,21,24,26-35H2,1-2H3,(H,54,55)/b7-6-,10-9-,15-12-,16-14-,23-20-,25-22-/t36-,37+,40?,41-,42+,43+,44+,45?/m0/s1. The summed E-state index contributed by atoms with van der Waals surface area (Å²) in [7, 11) is -5.14. The van der Waals surface area contributed by atoms with Crippen LogP contribution < -0.4 is 0 Å². The molecular formula is C45H75O14P. The zero-order valence-corrected chi connectivity index (χ0v) is 36.7. The van der Waals surface area contributed by atoms with Crippen LogP contribution in [0.25, 0.3) is 0 Å². The molecule has 15 heteroatoms. The Kier molecular flexibility index (Phi) is 32.0. The van der Waals surface area contributed by atoms with Crippen LogP contribution in [0, 0.1) is 0 Å². The van der Waals surface area contributed by atoms with Gasteiger partial charge in [-0.2, -0.15) is 0 Å². The molecule has 1 aliphatic rings. The lowest BCUT2D eigenvalue weighted by Gasteiger charge is -2.41. The first-order valence-electron chi connectivity index (χ1n) is 21.8. The Morgan fingerprint density at radius 3 is 1.62 bits per heavy atom. The van der Waals surface area contributed by atoms with Crippen molar-refractivity contribution in [3.8, 4) is 0 Å². The third-order valence-electron chi connectivity index (χ3n) is 9.66. The molecule has 0 aromatic carbocycles. The minimum atomic E-state index is -5.14. The number of hydrogen-bond acceptors (Lipinski definition) is 13. The van der Waals surface area contributed by atoms with Crippen molar-refractivity contribution >= 4 is 19.8 Å². The molecule has 344 valence electrons. The topological polar surface area (TPSA) is 230 Å². The number of aliphatic hydroxyl groups excluding tert-OH is 6. The number of phosphoric ester groups is 1. The summed E-state index contributed by atoms with van der Waals surface area (Å²) in [6.45, 7) is 2.87. The van der Waals surface area contributed by atoms with Crippen LogP contribution in [-0.4, -0.2) is 110 Å². The summed E-state index contributed by atoms with van der Waals surface area (Å²) in [6.07, 6.45) is 26.2. The SMILES string of the molecule is CCC/C=C\C/C=C\CCCCCCCC(=O)O[C@H](COC(=O)CCC/C=C\C/C=C\C/C=C\C/C=C\CC[C@@H](O)CC)COP(=O)(O)OC1[C@H](O)[C@H](O)C(O)[C@H](O)[C@H]1O. The fraction of sp³-hybridized carbons (Fsp3) is 0.689. The van der Waals surface area contributed by atoms with Gasteiger partial charge in [0.05, 0.1) is 12.7 Å². The number of carbonyl (C=O) groups is 2. The third-order valence-corrected chi connectivity index (χ3v) is 10.7. The number of unbranched alkanes of at least 4 members (excludes halogenated alkanes) is 7. The van der Waals surface area contributed by atoms with Crippen molar-refractivity contribution in [2.24, 2.45) is 0 Å². The molecule has 7 N–H and O–H groups in total. The van der Waals surface area contributed by atoms with Crippen LogP contribution in [0.3, 0.4) is 0 Å². The van der Waals surface area contributed by atoms with Crippen LogP contribution in [0.2, 0.25) is 0 Å². The number of hydrogen-bond donors (Lipinski definition) is 7. The lowest BCUT2D eigenvalue weighted by Crippen LogP contribution is -2.64. The monoisotopic (exact) mass is 870 g/mol. The van der Waals surface area contributed by atoms with E-state index in [0.29, 0.717) is 19.3 Å². The highest BCUT2D eigenvalue weighted by molar-refractivity contribution is 7.47. The second kappa shape index (κ2) is 34.8. The summed E-state index contributed by atoms with van der Waals surface area (Å²) in [5.41, 5.74) is 0. The number of rotatable bonds is 34. The minimum Gasteiger partial charge on any atom is -0.462 e. The summed E-state index contributed by atoms with van der Waals surface area (Å²) < 4.78 is 33.4. The normalized spacial score (nSPS) is 23.4. The van der Waals surface area contributed by atoms with Gasteiger partial charge in [-0.15, -0.1) is 0 Å². The first-order valence-corrected chi connectivity index (χ1v) is 23.3. The Bertz CT molecular complexity index is 1340. The molecule has 0 aromatic heterocycles. The van der Waals surface area contributed by atoms with Crippen LogP contribution in [-0.2, 0) is 32.7 Å². The van der Waals surface area contributed by atoms with Crippen molar-refractivity contribution in [3.05, 3.63) is 72.9 Å². The van der Waals surface area contributed by atoms with E-state index in [1.165, 1.54) is 0 Å². The second-order valence-corrected chi connectivity index (χ2v) is 16.4. The van der Waals surface area contributed by atoms with E-state index in [9.17, 15) is 49.7 Å². The lowest BCUT2D eigenvalue weighted by molar-refractivity contribution is -0.220. The fourth-order valence-electron chi connectivity index (χ4n) is 5.94. The molecule has 1 aliphatic carbocycles. The molecular weight excluding hydrogens is 795 g/mol. The summed E-state index contributed by atoms with van der Waals surface area (Å²) in [5.74, 6) is -1.21. The molecule has 0 aromatic rings. The van der Waals surface area contributed by atoms with E-state index >= 15 is 0 Å². The van der Waals surface area contributed by atoms with E-state index in [2.05, 4.69) is 67.7 Å². The van der Waals surface area contributed by atoms with E-state index in [1.54, 1.807) is 0 Å². The predicted molar refractivity (Wildman–Crippen MR) is 231 cm³/mol. The molecule has 0 amide bonds. The van der Waals surface area contributed by atoms with Crippen LogP contribution in [0.4, 0.5) is 0 Å². The molecule has 0 bridgehead atoms. The Hall–Kier alpha value is -2.75. The van der Waals surface area contributed by atoms with E-state index < -0.39 is 75.7 Å². The molecule has 1 fully saturated rings. The molecule has 0 spiro atoms. The highest BCUT2D eigenvalue weighted by atomic mass is 31.2. The molecule has 9 atom stereocenters. The van der Waals surface area contributed by atoms with E-state index in [-0.39, 0.29) is 18.9 Å². The summed E-state index contributed by atoms with van der Waals surface area (Å²) >= 11 is 0. The molecule has 3 unspecified atom stereocenters. The number of esters is 2. The average molecular weight is 871 g/mol. The number of phosphoric acid groups is 1. The Morgan fingerprint density at radius 1 is 0.583 bits per heavy atom. The zero-order chi connectivity index (χ0) is 44.4. The van der Waals surface area contributed by atoms with Gasteiger partial charge in [-0.05, 0) is 83.5 Å². The zero-order valence-electron chi connectivity index (χ0n) is 35.8. The van der Waals surface area contributed by atoms with Crippen molar-refractivity contribution in [1.82, 2.24) is 0 Å². The smallest absolute Gasteiger partial charge is 0.462 e. The fourth-order valence-corrected chi connectivity index (χ4v) is 6.92. The maximum atomic E-state index is 12.8. The van der Waals surface area contributed by atoms with Gasteiger partial charge in [0.25, 0.3) is 0 Å². The number of allylic oxidation sites excluding steroid dienone is 12. The Labute approximate surface area is 358 Å². The molecule has 0 aliphatic heterocycles. The molecule has 0 radical (unpaired) electrons. The molecule has 0 heterocycles. The van der Waals surface area contributed by atoms with Crippen LogP contribution in [0.15, 0.2) is 72.9 Å².